The molecule has 2 N–H and O–H groups in total. The molecule has 6 nitrogen and oxygen atoms in total. The standard InChI is InChI=1S/C12H13BrN4O2S/c1-8-3-4-10(9(13)7-8)14-11-5-6-12(16-15-11)17-20(2,18)19/h3-7H,1-2H3,(H,14,15)(H,16,17). The highest BCUT2D eigenvalue weighted by Crippen LogP contribution is 2.26. The van der Waals surface area contributed by atoms with Gasteiger partial charge in [0.25, 0.3) is 0 Å². The van der Waals surface area contributed by atoms with Crippen LogP contribution >= 0.6 is 15.9 Å². The first-order chi connectivity index (χ1) is 9.33. The van der Waals surface area contributed by atoms with E-state index >= 15 is 0 Å². The summed E-state index contributed by atoms with van der Waals surface area (Å²) in [6.45, 7) is 2.00. The van der Waals surface area contributed by atoms with E-state index in [0.717, 1.165) is 22.0 Å². The molecule has 0 amide bonds. The third-order valence-corrected chi connectivity index (χ3v) is 3.58. The van der Waals surface area contributed by atoms with Gasteiger partial charge in [0.2, 0.25) is 10.0 Å². The van der Waals surface area contributed by atoms with Crippen molar-refractivity contribution in [3.05, 3.63) is 40.4 Å². The molecular formula is C12H13BrN4O2S. The van der Waals surface area contributed by atoms with Crippen LogP contribution in [0.2, 0.25) is 0 Å². The molecule has 0 aliphatic carbocycles. The molecule has 0 spiro atoms. The van der Waals surface area contributed by atoms with Crippen LogP contribution in [0.1, 0.15) is 5.56 Å². The number of nitrogens with zero attached hydrogens (tertiary/aromatic N) is 2. The van der Waals surface area contributed by atoms with Gasteiger partial charge in [0.15, 0.2) is 11.6 Å². The van der Waals surface area contributed by atoms with Gasteiger partial charge in [0.1, 0.15) is 0 Å². The Hall–Kier alpha value is -1.67. The minimum atomic E-state index is -3.34. The average molecular weight is 357 g/mol. The Balaban J connectivity index is 2.14. The third kappa shape index (κ3) is 4.17. The van der Waals surface area contributed by atoms with Crippen LogP contribution in [-0.4, -0.2) is 24.9 Å². The van der Waals surface area contributed by atoms with E-state index < -0.39 is 10.0 Å². The average Bonchev–Trinajstić information content (AvgIpc) is 2.33. The van der Waals surface area contributed by atoms with Crippen molar-refractivity contribution < 1.29 is 8.42 Å². The molecule has 0 bridgehead atoms. The first-order valence-electron chi connectivity index (χ1n) is 5.68. The second-order valence-corrected chi connectivity index (χ2v) is 6.89. The van der Waals surface area contributed by atoms with Crippen molar-refractivity contribution in [2.45, 2.75) is 6.92 Å². The van der Waals surface area contributed by atoms with Crippen LogP contribution in [0, 0.1) is 6.92 Å². The SMILES string of the molecule is Cc1ccc(Nc2ccc(NS(C)(=O)=O)nn2)c(Br)c1. The van der Waals surface area contributed by atoms with Gasteiger partial charge >= 0.3 is 0 Å². The van der Waals surface area contributed by atoms with E-state index in [0.29, 0.717) is 5.82 Å². The fourth-order valence-corrected chi connectivity index (χ4v) is 2.58. The predicted octanol–water partition coefficient (Wildman–Crippen LogP) is 2.66. The summed E-state index contributed by atoms with van der Waals surface area (Å²) in [6.07, 6.45) is 1.06. The first kappa shape index (κ1) is 14.7. The Labute approximate surface area is 125 Å². The molecule has 0 saturated carbocycles. The fourth-order valence-electron chi connectivity index (χ4n) is 1.50. The zero-order valence-electron chi connectivity index (χ0n) is 10.9. The lowest BCUT2D eigenvalue weighted by Crippen LogP contribution is -2.11. The highest BCUT2D eigenvalue weighted by molar-refractivity contribution is 9.10. The molecule has 0 saturated heterocycles. The second kappa shape index (κ2) is 5.76. The maximum absolute atomic E-state index is 11.1. The Morgan fingerprint density at radius 3 is 2.30 bits per heavy atom. The lowest BCUT2D eigenvalue weighted by Gasteiger charge is -2.08. The fraction of sp³-hybridized carbons (Fsp3) is 0.167. The third-order valence-electron chi connectivity index (χ3n) is 2.34. The van der Waals surface area contributed by atoms with Crippen LogP contribution in [0.3, 0.4) is 0 Å². The minimum absolute atomic E-state index is 0.182. The number of rotatable bonds is 4. The van der Waals surface area contributed by atoms with Gasteiger partial charge in [-0.05, 0) is 52.7 Å². The Bertz CT molecular complexity index is 717. The van der Waals surface area contributed by atoms with Crippen molar-refractivity contribution >= 4 is 43.3 Å². The van der Waals surface area contributed by atoms with E-state index in [-0.39, 0.29) is 5.82 Å². The van der Waals surface area contributed by atoms with Crippen LogP contribution in [0.25, 0.3) is 0 Å². The number of aryl methyl sites for hydroxylation is 1. The van der Waals surface area contributed by atoms with E-state index in [1.165, 1.54) is 0 Å². The molecule has 1 heterocycles. The molecule has 0 atom stereocenters. The van der Waals surface area contributed by atoms with Gasteiger partial charge in [-0.3, -0.25) is 4.72 Å². The van der Waals surface area contributed by atoms with Crippen LogP contribution in [-0.2, 0) is 10.0 Å². The number of halogens is 1. The number of hydrogen-bond donors (Lipinski definition) is 2. The maximum atomic E-state index is 11.1. The largest absolute Gasteiger partial charge is 0.338 e. The van der Waals surface area contributed by atoms with Crippen molar-refractivity contribution in [1.29, 1.82) is 0 Å². The van der Waals surface area contributed by atoms with Gasteiger partial charge in [-0.25, -0.2) is 8.42 Å². The van der Waals surface area contributed by atoms with Crippen molar-refractivity contribution in [2.75, 3.05) is 16.3 Å². The molecule has 8 heteroatoms. The topological polar surface area (TPSA) is 84.0 Å². The van der Waals surface area contributed by atoms with Gasteiger partial charge in [0.05, 0.1) is 11.9 Å². The summed E-state index contributed by atoms with van der Waals surface area (Å²) in [7, 11) is -3.34. The summed E-state index contributed by atoms with van der Waals surface area (Å²) in [5, 5.41) is 10.8. The van der Waals surface area contributed by atoms with Crippen LogP contribution in [0.15, 0.2) is 34.8 Å². The smallest absolute Gasteiger partial charge is 0.231 e. The molecule has 0 aliphatic heterocycles. The Morgan fingerprint density at radius 1 is 1.10 bits per heavy atom. The van der Waals surface area contributed by atoms with E-state index in [1.807, 2.05) is 25.1 Å². The zero-order valence-corrected chi connectivity index (χ0v) is 13.3. The molecule has 2 rings (SSSR count). The summed E-state index contributed by atoms with van der Waals surface area (Å²) in [6, 6.07) is 9.06. The quantitative estimate of drug-likeness (QED) is 0.879. The molecule has 2 aromatic rings. The van der Waals surface area contributed by atoms with Crippen molar-refractivity contribution in [1.82, 2.24) is 10.2 Å². The molecule has 0 fully saturated rings. The van der Waals surface area contributed by atoms with Gasteiger partial charge in [-0.2, -0.15) is 0 Å². The van der Waals surface area contributed by atoms with E-state index in [2.05, 4.69) is 36.2 Å². The molecule has 0 radical (unpaired) electrons. The van der Waals surface area contributed by atoms with Gasteiger partial charge in [0, 0.05) is 4.47 Å². The molecule has 20 heavy (non-hydrogen) atoms. The maximum Gasteiger partial charge on any atom is 0.231 e. The predicted molar refractivity (Wildman–Crippen MR) is 82.7 cm³/mol. The van der Waals surface area contributed by atoms with Gasteiger partial charge in [-0.15, -0.1) is 10.2 Å². The highest BCUT2D eigenvalue weighted by Gasteiger charge is 2.05. The lowest BCUT2D eigenvalue weighted by atomic mass is 10.2. The van der Waals surface area contributed by atoms with Crippen LogP contribution in [0.5, 0.6) is 0 Å². The molecule has 106 valence electrons. The van der Waals surface area contributed by atoms with Crippen LogP contribution in [0.4, 0.5) is 17.3 Å². The van der Waals surface area contributed by atoms with Crippen molar-refractivity contribution in [2.24, 2.45) is 0 Å². The Kier molecular flexibility index (Phi) is 4.24. The van der Waals surface area contributed by atoms with Gasteiger partial charge in [-0.1, -0.05) is 6.07 Å². The van der Waals surface area contributed by atoms with Crippen molar-refractivity contribution in [3.8, 4) is 0 Å². The number of sulfonamides is 1. The molecule has 0 unspecified atom stereocenters. The van der Waals surface area contributed by atoms with Gasteiger partial charge < -0.3 is 5.32 Å². The number of hydrogen-bond acceptors (Lipinski definition) is 5. The van der Waals surface area contributed by atoms with E-state index in [9.17, 15) is 8.42 Å². The summed E-state index contributed by atoms with van der Waals surface area (Å²) in [5.41, 5.74) is 2.00. The normalized spacial score (nSPS) is 11.2. The molecule has 1 aromatic heterocycles. The molecular weight excluding hydrogens is 344 g/mol. The molecule has 0 aliphatic rings. The summed E-state index contributed by atoms with van der Waals surface area (Å²) in [4.78, 5) is 0. The zero-order chi connectivity index (χ0) is 14.8. The number of benzene rings is 1. The number of anilines is 3. The Morgan fingerprint density at radius 2 is 1.75 bits per heavy atom. The molecule has 1 aromatic carbocycles. The van der Waals surface area contributed by atoms with E-state index in [4.69, 9.17) is 0 Å². The lowest BCUT2D eigenvalue weighted by molar-refractivity contribution is 0.606. The van der Waals surface area contributed by atoms with Crippen LogP contribution < -0.4 is 10.0 Å². The van der Waals surface area contributed by atoms with E-state index in [1.54, 1.807) is 12.1 Å². The highest BCUT2D eigenvalue weighted by atomic mass is 79.9. The monoisotopic (exact) mass is 356 g/mol. The summed E-state index contributed by atoms with van der Waals surface area (Å²) < 4.78 is 25.3. The minimum Gasteiger partial charge on any atom is -0.338 e. The first-order valence-corrected chi connectivity index (χ1v) is 8.37. The van der Waals surface area contributed by atoms with Crippen molar-refractivity contribution in [3.63, 3.8) is 0 Å². The summed E-state index contributed by atoms with van der Waals surface area (Å²) in [5.74, 6) is 0.703. The summed E-state index contributed by atoms with van der Waals surface area (Å²) >= 11 is 3.46. The number of nitrogens with one attached hydrogen (secondary N) is 2. The second-order valence-electron chi connectivity index (χ2n) is 4.29. The number of aromatic nitrogens is 2.